The normalized spacial score (nSPS) is 28.7. The van der Waals surface area contributed by atoms with Crippen LogP contribution in [-0.4, -0.2) is 59.8 Å². The molecular weight excluding hydrogens is 282 g/mol. The molecule has 0 saturated carbocycles. The van der Waals surface area contributed by atoms with Gasteiger partial charge in [0.1, 0.15) is 30.2 Å². The number of aliphatic hydroxyl groups excluding tert-OH is 3. The maximum absolute atomic E-state index is 10.1. The lowest BCUT2D eigenvalue weighted by atomic mass is 10.1. The van der Waals surface area contributed by atoms with Gasteiger partial charge < -0.3 is 20.1 Å². The van der Waals surface area contributed by atoms with Crippen LogP contribution in [0.1, 0.15) is 6.23 Å². The first-order valence-electron chi connectivity index (χ1n) is 6.03. The van der Waals surface area contributed by atoms with E-state index < -0.39 is 31.1 Å². The number of hydrogen-bond acceptors (Lipinski definition) is 8. The molecule has 11 heteroatoms. The Morgan fingerprint density at radius 3 is 2.90 bits per heavy atom. The summed E-state index contributed by atoms with van der Waals surface area (Å²) in [7, 11) is 0. The monoisotopic (exact) mass is 293 g/mol. The van der Waals surface area contributed by atoms with Crippen LogP contribution >= 0.6 is 0 Å². The molecule has 0 amide bonds. The van der Waals surface area contributed by atoms with E-state index in [0.29, 0.717) is 5.52 Å². The van der Waals surface area contributed by atoms with Crippen molar-refractivity contribution in [2.24, 2.45) is 5.11 Å². The fourth-order valence-electron chi connectivity index (χ4n) is 2.27. The first-order valence-corrected chi connectivity index (χ1v) is 6.03. The van der Waals surface area contributed by atoms with Gasteiger partial charge in [0.15, 0.2) is 11.9 Å². The minimum absolute atomic E-state index is 0.0807. The van der Waals surface area contributed by atoms with Crippen molar-refractivity contribution in [1.29, 1.82) is 0 Å². The van der Waals surface area contributed by atoms with E-state index in [1.54, 1.807) is 0 Å². The smallest absolute Gasteiger partial charge is 0.201 e. The van der Waals surface area contributed by atoms with E-state index in [0.717, 1.165) is 0 Å². The lowest BCUT2D eigenvalue weighted by molar-refractivity contribution is -0.0502. The van der Waals surface area contributed by atoms with Crippen molar-refractivity contribution in [3.05, 3.63) is 23.0 Å². The highest BCUT2D eigenvalue weighted by Gasteiger charge is 2.44. The number of ether oxygens (including phenoxy) is 1. The number of hydrogen-bond donors (Lipinski definition) is 3. The van der Waals surface area contributed by atoms with Gasteiger partial charge in [0, 0.05) is 4.91 Å². The number of rotatable bonds is 3. The second kappa shape index (κ2) is 5.24. The Bertz CT molecular complexity index is 712. The molecule has 1 aliphatic rings. The van der Waals surface area contributed by atoms with Gasteiger partial charge in [0.2, 0.25) is 5.95 Å². The van der Waals surface area contributed by atoms with Gasteiger partial charge >= 0.3 is 0 Å². The van der Waals surface area contributed by atoms with Gasteiger partial charge in [-0.15, -0.1) is 0 Å². The topological polar surface area (TPSA) is 162 Å². The highest BCUT2D eigenvalue weighted by atomic mass is 16.6. The highest BCUT2D eigenvalue weighted by molar-refractivity contribution is 5.72. The summed E-state index contributed by atoms with van der Waals surface area (Å²) in [5.74, 6) is -0.0807. The lowest BCUT2D eigenvalue weighted by Crippen LogP contribution is -2.33. The quantitative estimate of drug-likeness (QED) is 0.385. The van der Waals surface area contributed by atoms with E-state index >= 15 is 0 Å². The molecule has 0 spiro atoms. The molecule has 0 bridgehead atoms. The fourth-order valence-corrected chi connectivity index (χ4v) is 2.27. The Balaban J connectivity index is 2.15. The number of nitrogens with zero attached hydrogens (tertiary/aromatic N) is 7. The van der Waals surface area contributed by atoms with Crippen molar-refractivity contribution in [2.75, 3.05) is 6.61 Å². The molecule has 3 rings (SSSR count). The molecule has 1 aliphatic heterocycles. The Morgan fingerprint density at radius 1 is 1.43 bits per heavy atom. The Kier molecular flexibility index (Phi) is 3.41. The molecule has 0 aliphatic carbocycles. The standard InChI is InChI=1S/C10H11N7O4/c11-16-15-10-14-4-1-12-3-13-8(4)17(10)9-7(20)6(19)5(2-18)21-9/h1,3,5-7,9,18-20H,2H2/t5-,6-,7-,9-/m1/s1. The number of imidazole rings is 1. The molecule has 2 aromatic heterocycles. The molecular formula is C10H11N7O4. The van der Waals surface area contributed by atoms with Gasteiger partial charge in [-0.25, -0.2) is 15.0 Å². The molecule has 0 aromatic carbocycles. The summed E-state index contributed by atoms with van der Waals surface area (Å²) in [5.41, 5.74) is 9.23. The first-order chi connectivity index (χ1) is 10.2. The zero-order chi connectivity index (χ0) is 15.0. The third-order valence-electron chi connectivity index (χ3n) is 3.24. The summed E-state index contributed by atoms with van der Waals surface area (Å²) >= 11 is 0. The zero-order valence-electron chi connectivity index (χ0n) is 10.6. The average molecular weight is 293 g/mol. The molecule has 3 N–H and O–H groups in total. The van der Waals surface area contributed by atoms with Crippen LogP contribution in [0, 0.1) is 0 Å². The van der Waals surface area contributed by atoms with E-state index in [9.17, 15) is 10.2 Å². The van der Waals surface area contributed by atoms with Gasteiger partial charge in [-0.05, 0) is 10.6 Å². The molecule has 1 saturated heterocycles. The average Bonchev–Trinajstić information content (AvgIpc) is 2.98. The highest BCUT2D eigenvalue weighted by Crippen LogP contribution is 2.34. The first kappa shape index (κ1) is 13.7. The van der Waals surface area contributed by atoms with E-state index in [2.05, 4.69) is 25.0 Å². The van der Waals surface area contributed by atoms with Gasteiger partial charge in [0.05, 0.1) is 12.8 Å². The van der Waals surface area contributed by atoms with Crippen LogP contribution in [0.5, 0.6) is 0 Å². The van der Waals surface area contributed by atoms with Crippen LogP contribution in [0.4, 0.5) is 5.95 Å². The number of azide groups is 1. The van der Waals surface area contributed by atoms with E-state index in [1.165, 1.54) is 17.1 Å². The molecule has 1 fully saturated rings. The van der Waals surface area contributed by atoms with Gasteiger partial charge in [0.25, 0.3) is 0 Å². The summed E-state index contributed by atoms with van der Waals surface area (Å²) in [6.07, 6.45) is -1.97. The summed E-state index contributed by atoms with van der Waals surface area (Å²) in [4.78, 5) is 14.5. The zero-order valence-corrected chi connectivity index (χ0v) is 10.6. The summed E-state index contributed by atoms with van der Waals surface area (Å²) in [6.45, 7) is -0.465. The van der Waals surface area contributed by atoms with Crippen LogP contribution < -0.4 is 0 Å². The largest absolute Gasteiger partial charge is 0.394 e. The minimum atomic E-state index is -1.33. The molecule has 0 unspecified atom stereocenters. The maximum Gasteiger partial charge on any atom is 0.201 e. The second-order valence-electron chi connectivity index (χ2n) is 4.43. The molecule has 3 heterocycles. The molecule has 110 valence electrons. The molecule has 4 atom stereocenters. The predicted octanol–water partition coefficient (Wildman–Crippen LogP) is -0.620. The van der Waals surface area contributed by atoms with Gasteiger partial charge in [-0.1, -0.05) is 0 Å². The SMILES string of the molecule is [N-]=[N+]=Nc1nc2cncnc2n1[C@@H]1O[C@H](CO)[C@@H](O)[C@H]1O. The lowest BCUT2D eigenvalue weighted by Gasteiger charge is -2.17. The molecule has 2 aromatic rings. The van der Waals surface area contributed by atoms with Crippen molar-refractivity contribution in [3.8, 4) is 0 Å². The van der Waals surface area contributed by atoms with Crippen molar-refractivity contribution < 1.29 is 20.1 Å². The van der Waals surface area contributed by atoms with Crippen LogP contribution in [0.25, 0.3) is 21.6 Å². The molecule has 21 heavy (non-hydrogen) atoms. The van der Waals surface area contributed by atoms with Gasteiger partial charge in [-0.2, -0.15) is 0 Å². The fraction of sp³-hybridized carbons (Fsp3) is 0.500. The summed E-state index contributed by atoms with van der Waals surface area (Å²) in [5, 5.41) is 32.4. The number of aromatic nitrogens is 4. The predicted molar refractivity (Wildman–Crippen MR) is 67.1 cm³/mol. The van der Waals surface area contributed by atoms with Crippen LogP contribution in [0.2, 0.25) is 0 Å². The van der Waals surface area contributed by atoms with E-state index in [4.69, 9.17) is 15.4 Å². The Morgan fingerprint density at radius 2 is 2.24 bits per heavy atom. The van der Waals surface area contributed by atoms with E-state index in [1.807, 2.05) is 0 Å². The van der Waals surface area contributed by atoms with E-state index in [-0.39, 0.29) is 11.6 Å². The molecule has 11 nitrogen and oxygen atoms in total. The van der Waals surface area contributed by atoms with Crippen molar-refractivity contribution in [3.63, 3.8) is 0 Å². The van der Waals surface area contributed by atoms with Crippen LogP contribution in [0.3, 0.4) is 0 Å². The minimum Gasteiger partial charge on any atom is -0.394 e. The molecule has 0 radical (unpaired) electrons. The number of fused-ring (bicyclic) bond motifs is 1. The van der Waals surface area contributed by atoms with Gasteiger partial charge in [-0.3, -0.25) is 4.57 Å². The van der Waals surface area contributed by atoms with Crippen LogP contribution in [0.15, 0.2) is 17.6 Å². The van der Waals surface area contributed by atoms with Crippen molar-refractivity contribution in [1.82, 2.24) is 19.5 Å². The van der Waals surface area contributed by atoms with Crippen molar-refractivity contribution in [2.45, 2.75) is 24.5 Å². The maximum atomic E-state index is 10.1. The third kappa shape index (κ3) is 2.09. The second-order valence-corrected chi connectivity index (χ2v) is 4.43. The Labute approximate surface area is 117 Å². The number of aliphatic hydroxyl groups is 3. The summed E-state index contributed by atoms with van der Waals surface area (Å²) < 4.78 is 6.67. The Hall–Kier alpha value is -2.30. The van der Waals surface area contributed by atoms with Crippen molar-refractivity contribution >= 4 is 17.1 Å². The van der Waals surface area contributed by atoms with Crippen LogP contribution in [-0.2, 0) is 4.74 Å². The third-order valence-corrected chi connectivity index (χ3v) is 3.24. The summed E-state index contributed by atoms with van der Waals surface area (Å²) in [6, 6.07) is 0.